The Morgan fingerprint density at radius 3 is 2.50 bits per heavy atom. The first-order valence-corrected chi connectivity index (χ1v) is 12.2. The van der Waals surface area contributed by atoms with E-state index >= 15 is 0 Å². The molecule has 0 radical (unpaired) electrons. The van der Waals surface area contributed by atoms with Crippen molar-refractivity contribution < 1.29 is 4.79 Å². The normalized spacial score (nSPS) is 14.2. The van der Waals surface area contributed by atoms with E-state index < -0.39 is 0 Å². The predicted molar refractivity (Wildman–Crippen MR) is 143 cm³/mol. The van der Waals surface area contributed by atoms with Gasteiger partial charge in [-0.05, 0) is 79.5 Å². The van der Waals surface area contributed by atoms with Crippen molar-refractivity contribution in [1.29, 1.82) is 0 Å². The van der Waals surface area contributed by atoms with Gasteiger partial charge in [-0.3, -0.25) is 4.79 Å². The van der Waals surface area contributed by atoms with Gasteiger partial charge in [0.05, 0.1) is 5.57 Å². The fourth-order valence-corrected chi connectivity index (χ4v) is 4.79. The summed E-state index contributed by atoms with van der Waals surface area (Å²) in [6.07, 6.45) is 4.20. The number of anilines is 1. The van der Waals surface area contributed by atoms with E-state index in [1.54, 1.807) is 0 Å². The number of benzene rings is 3. The van der Waals surface area contributed by atoms with Gasteiger partial charge in [-0.25, -0.2) is 0 Å². The number of fused-ring (bicyclic) bond motifs is 2. The third-order valence-corrected chi connectivity index (χ3v) is 6.75. The molecular formula is C30H31N3O. The minimum Gasteiger partial charge on any atom is -0.355 e. The van der Waals surface area contributed by atoms with Crippen LogP contribution in [0.2, 0.25) is 0 Å². The third-order valence-electron chi connectivity index (χ3n) is 6.75. The number of carbonyl (C=O) groups is 1. The van der Waals surface area contributed by atoms with Gasteiger partial charge in [0.2, 0.25) is 0 Å². The minimum atomic E-state index is -0.0593. The standard InChI is InChI=1S/C30H31N3O/c1-3-33(4-2)16-8-9-21-12-15-28-24(17-21)18-25(31-28)20-27-26-14-13-23(19-29(26)32-30(27)34)22-10-6-5-7-11-22/h5-7,10-15,17-20,31H,3-4,8-9,16H2,1-2H3,(H,32,34)/b27-20-. The largest absolute Gasteiger partial charge is 0.355 e. The molecule has 2 heterocycles. The number of amides is 1. The fraction of sp³-hybridized carbons (Fsp3) is 0.233. The van der Waals surface area contributed by atoms with Gasteiger partial charge in [-0.2, -0.15) is 0 Å². The molecule has 3 aromatic carbocycles. The lowest BCUT2D eigenvalue weighted by Gasteiger charge is -2.17. The Bertz CT molecular complexity index is 1350. The van der Waals surface area contributed by atoms with Crippen LogP contribution in [-0.2, 0) is 11.2 Å². The van der Waals surface area contributed by atoms with E-state index in [0.29, 0.717) is 5.57 Å². The van der Waals surface area contributed by atoms with Crippen LogP contribution >= 0.6 is 0 Å². The van der Waals surface area contributed by atoms with Crippen molar-refractivity contribution in [3.8, 4) is 11.1 Å². The molecule has 0 unspecified atom stereocenters. The summed E-state index contributed by atoms with van der Waals surface area (Å²) >= 11 is 0. The van der Waals surface area contributed by atoms with Gasteiger partial charge in [0, 0.05) is 27.8 Å². The first kappa shape index (κ1) is 22.2. The lowest BCUT2D eigenvalue weighted by Crippen LogP contribution is -2.24. The van der Waals surface area contributed by atoms with E-state index in [-0.39, 0.29) is 5.91 Å². The van der Waals surface area contributed by atoms with Gasteiger partial charge in [0.25, 0.3) is 5.91 Å². The van der Waals surface area contributed by atoms with Crippen LogP contribution in [-0.4, -0.2) is 35.4 Å². The molecule has 2 N–H and O–H groups in total. The van der Waals surface area contributed by atoms with Gasteiger partial charge in [-0.1, -0.05) is 62.4 Å². The van der Waals surface area contributed by atoms with E-state index in [0.717, 1.165) is 66.1 Å². The monoisotopic (exact) mass is 449 g/mol. The highest BCUT2D eigenvalue weighted by Gasteiger charge is 2.24. The Morgan fingerprint density at radius 2 is 1.71 bits per heavy atom. The number of rotatable bonds is 8. The van der Waals surface area contributed by atoms with E-state index in [9.17, 15) is 4.79 Å². The molecule has 5 rings (SSSR count). The molecule has 4 nitrogen and oxygen atoms in total. The number of hydrogen-bond acceptors (Lipinski definition) is 2. The van der Waals surface area contributed by atoms with E-state index in [1.807, 2.05) is 30.3 Å². The smallest absolute Gasteiger partial charge is 0.256 e. The van der Waals surface area contributed by atoms with Gasteiger partial charge in [0.1, 0.15) is 0 Å². The number of nitrogens with zero attached hydrogens (tertiary/aromatic N) is 1. The van der Waals surface area contributed by atoms with E-state index in [2.05, 4.69) is 77.6 Å². The van der Waals surface area contributed by atoms with Crippen molar-refractivity contribution in [1.82, 2.24) is 9.88 Å². The van der Waals surface area contributed by atoms with Gasteiger partial charge >= 0.3 is 0 Å². The van der Waals surface area contributed by atoms with Crippen molar-refractivity contribution in [3.63, 3.8) is 0 Å². The predicted octanol–water partition coefficient (Wildman–Crippen LogP) is 6.60. The second kappa shape index (κ2) is 9.70. The summed E-state index contributed by atoms with van der Waals surface area (Å²) in [5, 5.41) is 4.22. The summed E-state index contributed by atoms with van der Waals surface area (Å²) in [5.74, 6) is -0.0593. The third kappa shape index (κ3) is 4.55. The molecule has 0 saturated heterocycles. The minimum absolute atomic E-state index is 0.0593. The highest BCUT2D eigenvalue weighted by molar-refractivity contribution is 6.35. The summed E-state index contributed by atoms with van der Waals surface area (Å²) in [6.45, 7) is 7.79. The summed E-state index contributed by atoms with van der Waals surface area (Å²) in [6, 6.07) is 25.2. The van der Waals surface area contributed by atoms with Crippen molar-refractivity contribution in [3.05, 3.63) is 89.6 Å². The molecule has 4 aromatic rings. The Morgan fingerprint density at radius 1 is 0.882 bits per heavy atom. The number of aromatic amines is 1. The molecule has 1 aliphatic heterocycles. The molecule has 0 spiro atoms. The number of carbonyl (C=O) groups excluding carboxylic acids is 1. The lowest BCUT2D eigenvalue weighted by molar-refractivity contribution is -0.110. The molecular weight excluding hydrogens is 418 g/mol. The van der Waals surface area contributed by atoms with Crippen molar-refractivity contribution >= 4 is 34.1 Å². The zero-order valence-corrected chi connectivity index (χ0v) is 19.9. The van der Waals surface area contributed by atoms with Crippen LogP contribution in [0.15, 0.2) is 72.8 Å². The summed E-state index contributed by atoms with van der Waals surface area (Å²) in [5.41, 5.74) is 8.14. The number of hydrogen-bond donors (Lipinski definition) is 2. The SMILES string of the molecule is CCN(CC)CCCc1ccc2[nH]c(/C=C3\C(=O)Nc4cc(-c5ccccc5)ccc43)cc2c1. The first-order valence-electron chi connectivity index (χ1n) is 12.2. The topological polar surface area (TPSA) is 48.1 Å². The van der Waals surface area contributed by atoms with Gasteiger partial charge < -0.3 is 15.2 Å². The van der Waals surface area contributed by atoms with Crippen LogP contribution in [0.4, 0.5) is 5.69 Å². The zero-order valence-electron chi connectivity index (χ0n) is 19.9. The molecule has 1 amide bonds. The van der Waals surface area contributed by atoms with Crippen LogP contribution in [0.5, 0.6) is 0 Å². The fourth-order valence-electron chi connectivity index (χ4n) is 4.79. The molecule has 0 saturated carbocycles. The second-order valence-electron chi connectivity index (χ2n) is 8.92. The summed E-state index contributed by atoms with van der Waals surface area (Å²) < 4.78 is 0. The maximum absolute atomic E-state index is 12.8. The van der Waals surface area contributed by atoms with Gasteiger partial charge in [-0.15, -0.1) is 0 Å². The van der Waals surface area contributed by atoms with Crippen molar-refractivity contribution in [2.24, 2.45) is 0 Å². The number of aryl methyl sites for hydroxylation is 1. The van der Waals surface area contributed by atoms with Crippen LogP contribution in [0, 0.1) is 0 Å². The Kier molecular flexibility index (Phi) is 6.33. The zero-order chi connectivity index (χ0) is 23.5. The Hall–Kier alpha value is -3.63. The van der Waals surface area contributed by atoms with Crippen molar-refractivity contribution in [2.45, 2.75) is 26.7 Å². The first-order chi connectivity index (χ1) is 16.6. The van der Waals surface area contributed by atoms with E-state index in [4.69, 9.17) is 0 Å². The summed E-state index contributed by atoms with van der Waals surface area (Å²) in [4.78, 5) is 18.7. The van der Waals surface area contributed by atoms with Gasteiger partial charge in [0.15, 0.2) is 0 Å². The quantitative estimate of drug-likeness (QED) is 0.298. The lowest BCUT2D eigenvalue weighted by atomic mass is 10.00. The molecule has 0 aliphatic carbocycles. The molecule has 0 bridgehead atoms. The molecule has 4 heteroatoms. The highest BCUT2D eigenvalue weighted by Crippen LogP contribution is 2.36. The molecule has 1 aromatic heterocycles. The summed E-state index contributed by atoms with van der Waals surface area (Å²) in [7, 11) is 0. The average molecular weight is 450 g/mol. The number of aromatic nitrogens is 1. The molecule has 172 valence electrons. The number of H-pyrrole nitrogens is 1. The second-order valence-corrected chi connectivity index (χ2v) is 8.92. The average Bonchev–Trinajstić information content (AvgIpc) is 3.41. The highest BCUT2D eigenvalue weighted by atomic mass is 16.2. The van der Waals surface area contributed by atoms with E-state index in [1.165, 1.54) is 10.9 Å². The Labute approximate surface area is 201 Å². The molecule has 34 heavy (non-hydrogen) atoms. The van der Waals surface area contributed by atoms with Crippen LogP contribution in [0.25, 0.3) is 33.7 Å². The maximum Gasteiger partial charge on any atom is 0.256 e. The number of nitrogens with one attached hydrogen (secondary N) is 2. The Balaban J connectivity index is 1.37. The molecule has 0 atom stereocenters. The van der Waals surface area contributed by atoms with Crippen LogP contribution in [0.3, 0.4) is 0 Å². The van der Waals surface area contributed by atoms with Crippen LogP contribution in [0.1, 0.15) is 37.1 Å². The molecule has 1 aliphatic rings. The van der Waals surface area contributed by atoms with Crippen molar-refractivity contribution in [2.75, 3.05) is 25.0 Å². The maximum atomic E-state index is 12.8. The van der Waals surface area contributed by atoms with Crippen LogP contribution < -0.4 is 5.32 Å². The molecule has 0 fully saturated rings.